The lowest BCUT2D eigenvalue weighted by molar-refractivity contribution is 0.455. The van der Waals surface area contributed by atoms with Crippen LogP contribution in [0.15, 0.2) is 22.7 Å². The molecule has 17 heavy (non-hydrogen) atoms. The standard InChI is InChI=1S/C11H15BrFNO2S/c1-3-7-17(15,16)14(2)8-9-10(12)5-4-6-11(9)13/h4-6H,3,7-8H2,1-2H3. The summed E-state index contributed by atoms with van der Waals surface area (Å²) in [4.78, 5) is 0. The summed E-state index contributed by atoms with van der Waals surface area (Å²) in [6, 6.07) is 4.59. The van der Waals surface area contributed by atoms with E-state index in [1.807, 2.05) is 0 Å². The molecule has 6 heteroatoms. The van der Waals surface area contributed by atoms with Gasteiger partial charge in [0.2, 0.25) is 10.0 Å². The molecule has 0 heterocycles. The third kappa shape index (κ3) is 3.76. The van der Waals surface area contributed by atoms with Crippen LogP contribution in [-0.4, -0.2) is 25.5 Å². The van der Waals surface area contributed by atoms with Crippen LogP contribution < -0.4 is 0 Å². The highest BCUT2D eigenvalue weighted by Gasteiger charge is 2.19. The van der Waals surface area contributed by atoms with E-state index in [-0.39, 0.29) is 12.3 Å². The molecule has 0 unspecified atom stereocenters. The maximum absolute atomic E-state index is 13.5. The van der Waals surface area contributed by atoms with Gasteiger partial charge in [0.1, 0.15) is 5.82 Å². The van der Waals surface area contributed by atoms with Crippen LogP contribution in [0.1, 0.15) is 18.9 Å². The van der Waals surface area contributed by atoms with Crippen LogP contribution in [0.3, 0.4) is 0 Å². The predicted molar refractivity (Wildman–Crippen MR) is 69.6 cm³/mol. The summed E-state index contributed by atoms with van der Waals surface area (Å²) in [6.45, 7) is 1.83. The first kappa shape index (κ1) is 14.6. The molecule has 0 N–H and O–H groups in total. The van der Waals surface area contributed by atoms with E-state index in [0.29, 0.717) is 16.5 Å². The van der Waals surface area contributed by atoms with Gasteiger partial charge in [0.05, 0.1) is 5.75 Å². The molecule has 0 aliphatic rings. The van der Waals surface area contributed by atoms with Crippen LogP contribution >= 0.6 is 15.9 Å². The van der Waals surface area contributed by atoms with Crippen LogP contribution in [-0.2, 0) is 16.6 Å². The number of rotatable bonds is 5. The summed E-state index contributed by atoms with van der Waals surface area (Å²) in [5.74, 6) is -0.326. The third-order valence-electron chi connectivity index (χ3n) is 2.38. The van der Waals surface area contributed by atoms with Crippen molar-refractivity contribution in [3.05, 3.63) is 34.1 Å². The Kier molecular flexibility index (Phi) is 5.09. The Morgan fingerprint density at radius 1 is 1.41 bits per heavy atom. The Balaban J connectivity index is 2.92. The normalized spacial score (nSPS) is 12.1. The van der Waals surface area contributed by atoms with Gasteiger partial charge in [0.15, 0.2) is 0 Å². The average Bonchev–Trinajstić information content (AvgIpc) is 2.23. The average molecular weight is 324 g/mol. The molecule has 1 aromatic carbocycles. The minimum Gasteiger partial charge on any atom is -0.212 e. The van der Waals surface area contributed by atoms with E-state index in [1.165, 1.54) is 17.4 Å². The molecule has 3 nitrogen and oxygen atoms in total. The Labute approximate surface area is 110 Å². The molecule has 96 valence electrons. The summed E-state index contributed by atoms with van der Waals surface area (Å²) >= 11 is 3.22. The molecule has 0 aliphatic carbocycles. The lowest BCUT2D eigenvalue weighted by Gasteiger charge is -2.17. The van der Waals surface area contributed by atoms with Crippen molar-refractivity contribution in [1.82, 2.24) is 4.31 Å². The lowest BCUT2D eigenvalue weighted by Crippen LogP contribution is -2.29. The monoisotopic (exact) mass is 323 g/mol. The molecule has 0 radical (unpaired) electrons. The highest BCUT2D eigenvalue weighted by molar-refractivity contribution is 9.10. The maximum Gasteiger partial charge on any atom is 0.214 e. The molecule has 0 aromatic heterocycles. The highest BCUT2D eigenvalue weighted by Crippen LogP contribution is 2.22. The fourth-order valence-electron chi connectivity index (χ4n) is 1.42. The minimum absolute atomic E-state index is 0.0373. The van der Waals surface area contributed by atoms with E-state index in [9.17, 15) is 12.8 Å². The Bertz CT molecular complexity index is 470. The summed E-state index contributed by atoms with van der Waals surface area (Å²) in [5, 5.41) is 0. The Morgan fingerprint density at radius 2 is 2.06 bits per heavy atom. The summed E-state index contributed by atoms with van der Waals surface area (Å²) < 4.78 is 38.8. The summed E-state index contributed by atoms with van der Waals surface area (Å²) in [7, 11) is -1.83. The highest BCUT2D eigenvalue weighted by atomic mass is 79.9. The van der Waals surface area contributed by atoms with Crippen molar-refractivity contribution in [2.75, 3.05) is 12.8 Å². The SMILES string of the molecule is CCCS(=O)(=O)N(C)Cc1c(F)cccc1Br. The molecule has 0 saturated heterocycles. The largest absolute Gasteiger partial charge is 0.214 e. The molecule has 0 aliphatic heterocycles. The van der Waals surface area contributed by atoms with Crippen molar-refractivity contribution >= 4 is 26.0 Å². The number of nitrogens with zero attached hydrogens (tertiary/aromatic N) is 1. The predicted octanol–water partition coefficient (Wildman–Crippen LogP) is 2.76. The molecule has 0 saturated carbocycles. The number of benzene rings is 1. The molecule has 0 fully saturated rings. The van der Waals surface area contributed by atoms with Crippen molar-refractivity contribution in [1.29, 1.82) is 0 Å². The fourth-order valence-corrected chi connectivity index (χ4v) is 3.04. The van der Waals surface area contributed by atoms with Crippen LogP contribution in [0.25, 0.3) is 0 Å². The van der Waals surface area contributed by atoms with Crippen LogP contribution in [0.4, 0.5) is 4.39 Å². The van der Waals surface area contributed by atoms with Gasteiger partial charge in [-0.3, -0.25) is 0 Å². The van der Waals surface area contributed by atoms with Gasteiger partial charge in [-0.1, -0.05) is 28.9 Å². The van der Waals surface area contributed by atoms with Gasteiger partial charge in [-0.25, -0.2) is 17.1 Å². The second-order valence-corrected chi connectivity index (χ2v) is 6.82. The smallest absolute Gasteiger partial charge is 0.212 e. The zero-order valence-electron chi connectivity index (χ0n) is 9.78. The third-order valence-corrected chi connectivity index (χ3v) is 5.13. The lowest BCUT2D eigenvalue weighted by atomic mass is 10.2. The second-order valence-electron chi connectivity index (χ2n) is 3.77. The van der Waals surface area contributed by atoms with Crippen LogP contribution in [0, 0.1) is 5.82 Å². The second kappa shape index (κ2) is 5.93. The first-order valence-corrected chi connectivity index (χ1v) is 7.65. The van der Waals surface area contributed by atoms with E-state index in [0.717, 1.165) is 0 Å². The molecule has 0 amide bonds. The van der Waals surface area contributed by atoms with Crippen molar-refractivity contribution in [2.24, 2.45) is 0 Å². The van der Waals surface area contributed by atoms with Crippen molar-refractivity contribution in [3.8, 4) is 0 Å². The van der Waals surface area contributed by atoms with E-state index >= 15 is 0 Å². The van der Waals surface area contributed by atoms with Gasteiger partial charge in [0, 0.05) is 23.6 Å². The first-order valence-electron chi connectivity index (χ1n) is 5.25. The van der Waals surface area contributed by atoms with E-state index in [2.05, 4.69) is 15.9 Å². The fraction of sp³-hybridized carbons (Fsp3) is 0.455. The van der Waals surface area contributed by atoms with Crippen molar-refractivity contribution < 1.29 is 12.8 Å². The number of hydrogen-bond acceptors (Lipinski definition) is 2. The Morgan fingerprint density at radius 3 is 2.59 bits per heavy atom. The molecule has 1 rings (SSSR count). The topological polar surface area (TPSA) is 37.4 Å². The molecular weight excluding hydrogens is 309 g/mol. The molecule has 0 spiro atoms. The van der Waals surface area contributed by atoms with Gasteiger partial charge >= 0.3 is 0 Å². The van der Waals surface area contributed by atoms with Crippen LogP contribution in [0.5, 0.6) is 0 Å². The van der Waals surface area contributed by atoms with Gasteiger partial charge in [-0.05, 0) is 18.6 Å². The van der Waals surface area contributed by atoms with Gasteiger partial charge in [-0.2, -0.15) is 0 Å². The summed E-state index contributed by atoms with van der Waals surface area (Å²) in [6.07, 6.45) is 0.547. The maximum atomic E-state index is 13.5. The molecule has 0 atom stereocenters. The summed E-state index contributed by atoms with van der Waals surface area (Å²) in [5.41, 5.74) is 0.356. The quantitative estimate of drug-likeness (QED) is 0.835. The van der Waals surface area contributed by atoms with Crippen LogP contribution in [0.2, 0.25) is 0 Å². The molecule has 1 aromatic rings. The van der Waals surface area contributed by atoms with E-state index < -0.39 is 15.8 Å². The van der Waals surface area contributed by atoms with Gasteiger partial charge in [-0.15, -0.1) is 0 Å². The van der Waals surface area contributed by atoms with Gasteiger partial charge in [0.25, 0.3) is 0 Å². The number of hydrogen-bond donors (Lipinski definition) is 0. The van der Waals surface area contributed by atoms with Gasteiger partial charge < -0.3 is 0 Å². The van der Waals surface area contributed by atoms with E-state index in [4.69, 9.17) is 0 Å². The van der Waals surface area contributed by atoms with E-state index in [1.54, 1.807) is 19.1 Å². The van der Waals surface area contributed by atoms with Crippen molar-refractivity contribution in [2.45, 2.75) is 19.9 Å². The zero-order chi connectivity index (χ0) is 13.1. The molecular formula is C11H15BrFNO2S. The van der Waals surface area contributed by atoms with Crippen molar-refractivity contribution in [3.63, 3.8) is 0 Å². The molecule has 0 bridgehead atoms. The Hall–Kier alpha value is -0.460. The number of sulfonamides is 1. The first-order chi connectivity index (χ1) is 7.88. The zero-order valence-corrected chi connectivity index (χ0v) is 12.2. The minimum atomic E-state index is -3.30. The number of halogens is 2.